The number of carbonyl (C=O) groups excluding carboxylic acids is 1. The molecule has 0 aromatic heterocycles. The van der Waals surface area contributed by atoms with Crippen LogP contribution in [0, 0.1) is 0 Å². The molecule has 2 rings (SSSR count). The lowest BCUT2D eigenvalue weighted by molar-refractivity contribution is -0.121. The highest BCUT2D eigenvalue weighted by molar-refractivity contribution is 5.79. The van der Waals surface area contributed by atoms with Gasteiger partial charge in [-0.25, -0.2) is 0 Å². The lowest BCUT2D eigenvalue weighted by atomic mass is 9.93. The molecular weight excluding hydrogens is 190 g/mol. The van der Waals surface area contributed by atoms with E-state index in [4.69, 9.17) is 0 Å². The van der Waals surface area contributed by atoms with Crippen LogP contribution in [0.15, 0.2) is 24.3 Å². The van der Waals surface area contributed by atoms with Crippen molar-refractivity contribution in [3.63, 3.8) is 0 Å². The molecule has 0 radical (unpaired) electrons. The Morgan fingerprint density at radius 3 is 2.73 bits per heavy atom. The van der Waals surface area contributed by atoms with Crippen LogP contribution in [0.3, 0.4) is 0 Å². The first-order valence-corrected chi connectivity index (χ1v) is 5.32. The molecule has 80 valence electrons. The molecule has 1 fully saturated rings. The predicted octanol–water partition coefficient (Wildman–Crippen LogP) is 1.60. The minimum absolute atomic E-state index is 0.00111. The van der Waals surface area contributed by atoms with Crippen molar-refractivity contribution in [2.45, 2.75) is 31.7 Å². The largest absolute Gasteiger partial charge is 0.508 e. The second kappa shape index (κ2) is 4.34. The summed E-state index contributed by atoms with van der Waals surface area (Å²) in [7, 11) is 0. The van der Waals surface area contributed by atoms with Gasteiger partial charge in [0, 0.05) is 11.6 Å². The number of phenolic OH excluding ortho intramolecular Hbond substituents is 1. The number of hydrogen-bond donors (Lipinski definition) is 2. The maximum Gasteiger partial charge on any atom is 0.224 e. The normalized spacial score (nSPS) is 15.7. The number of phenols is 1. The second-order valence-electron chi connectivity index (χ2n) is 4.00. The average Bonchev–Trinajstić information content (AvgIpc) is 2.16. The highest BCUT2D eigenvalue weighted by atomic mass is 16.3. The minimum Gasteiger partial charge on any atom is -0.508 e. The van der Waals surface area contributed by atoms with E-state index in [0.717, 1.165) is 12.8 Å². The summed E-state index contributed by atoms with van der Waals surface area (Å²) in [5, 5.41) is 12.4. The number of hydrogen-bond acceptors (Lipinski definition) is 2. The summed E-state index contributed by atoms with van der Waals surface area (Å²) in [6.07, 6.45) is 3.66. The Morgan fingerprint density at radius 2 is 2.13 bits per heavy atom. The van der Waals surface area contributed by atoms with Gasteiger partial charge >= 0.3 is 0 Å². The van der Waals surface area contributed by atoms with Crippen molar-refractivity contribution >= 4 is 5.91 Å². The lowest BCUT2D eigenvalue weighted by Crippen LogP contribution is -2.40. The molecule has 2 N–H and O–H groups in total. The van der Waals surface area contributed by atoms with Crippen molar-refractivity contribution in [2.75, 3.05) is 0 Å². The van der Waals surface area contributed by atoms with E-state index in [-0.39, 0.29) is 18.1 Å². The standard InChI is InChI=1S/C12H15NO2/c14-11-7-2-1-4-9(11)8-12(15)13-10-5-3-6-10/h1-2,4,7,10,14H,3,5-6,8H2,(H,13,15). The first-order chi connectivity index (χ1) is 7.25. The molecule has 1 amide bonds. The van der Waals surface area contributed by atoms with Crippen molar-refractivity contribution in [2.24, 2.45) is 0 Å². The van der Waals surface area contributed by atoms with Crippen LogP contribution >= 0.6 is 0 Å². The van der Waals surface area contributed by atoms with Gasteiger partial charge in [0.25, 0.3) is 0 Å². The Bertz CT molecular complexity index is 358. The van der Waals surface area contributed by atoms with E-state index in [1.54, 1.807) is 18.2 Å². The van der Waals surface area contributed by atoms with Gasteiger partial charge in [-0.15, -0.1) is 0 Å². The van der Waals surface area contributed by atoms with Crippen LogP contribution in [0.2, 0.25) is 0 Å². The Hall–Kier alpha value is -1.51. The first kappa shape index (κ1) is 10.0. The van der Waals surface area contributed by atoms with Gasteiger partial charge in [-0.3, -0.25) is 4.79 Å². The number of aromatic hydroxyl groups is 1. The number of benzene rings is 1. The molecule has 15 heavy (non-hydrogen) atoms. The Balaban J connectivity index is 1.90. The molecule has 1 aliphatic carbocycles. The van der Waals surface area contributed by atoms with Crippen LogP contribution < -0.4 is 5.32 Å². The van der Waals surface area contributed by atoms with E-state index < -0.39 is 0 Å². The number of rotatable bonds is 3. The van der Waals surface area contributed by atoms with Crippen molar-refractivity contribution in [1.29, 1.82) is 0 Å². The van der Waals surface area contributed by atoms with Crippen LogP contribution in [-0.4, -0.2) is 17.1 Å². The van der Waals surface area contributed by atoms with E-state index in [1.165, 1.54) is 6.42 Å². The van der Waals surface area contributed by atoms with Crippen molar-refractivity contribution in [3.8, 4) is 5.75 Å². The fourth-order valence-electron chi connectivity index (χ4n) is 1.66. The summed E-state index contributed by atoms with van der Waals surface area (Å²) in [5.74, 6) is 0.197. The zero-order valence-corrected chi connectivity index (χ0v) is 8.57. The van der Waals surface area contributed by atoms with Crippen LogP contribution in [0.4, 0.5) is 0 Å². The zero-order valence-electron chi connectivity index (χ0n) is 8.57. The van der Waals surface area contributed by atoms with Gasteiger partial charge in [0.15, 0.2) is 0 Å². The minimum atomic E-state index is 0.00111. The molecule has 3 heteroatoms. The maximum absolute atomic E-state index is 11.5. The number of amides is 1. The molecule has 3 nitrogen and oxygen atoms in total. The van der Waals surface area contributed by atoms with Crippen molar-refractivity contribution in [3.05, 3.63) is 29.8 Å². The molecule has 1 saturated carbocycles. The third-order valence-electron chi connectivity index (χ3n) is 2.81. The maximum atomic E-state index is 11.5. The topological polar surface area (TPSA) is 49.3 Å². The van der Waals surface area contributed by atoms with E-state index in [2.05, 4.69) is 5.32 Å². The fourth-order valence-corrected chi connectivity index (χ4v) is 1.66. The van der Waals surface area contributed by atoms with Gasteiger partial charge in [-0.1, -0.05) is 18.2 Å². The number of para-hydroxylation sites is 1. The molecule has 0 heterocycles. The number of carbonyl (C=O) groups is 1. The Kier molecular flexibility index (Phi) is 2.90. The Labute approximate surface area is 89.1 Å². The smallest absolute Gasteiger partial charge is 0.224 e. The Morgan fingerprint density at radius 1 is 1.40 bits per heavy atom. The molecule has 1 aliphatic rings. The lowest BCUT2D eigenvalue weighted by Gasteiger charge is -2.26. The highest BCUT2D eigenvalue weighted by Gasteiger charge is 2.19. The van der Waals surface area contributed by atoms with Gasteiger partial charge in [0.05, 0.1) is 6.42 Å². The SMILES string of the molecule is O=C(Cc1ccccc1O)NC1CCC1. The van der Waals surface area contributed by atoms with Crippen LogP contribution in [0.25, 0.3) is 0 Å². The summed E-state index contributed by atoms with van der Waals surface area (Å²) in [5.41, 5.74) is 0.689. The second-order valence-corrected chi connectivity index (χ2v) is 4.00. The molecular formula is C12H15NO2. The first-order valence-electron chi connectivity index (χ1n) is 5.32. The zero-order chi connectivity index (χ0) is 10.7. The third-order valence-corrected chi connectivity index (χ3v) is 2.81. The van der Waals surface area contributed by atoms with E-state index in [9.17, 15) is 9.90 Å². The number of nitrogens with one attached hydrogen (secondary N) is 1. The van der Waals surface area contributed by atoms with Gasteiger partial charge in [-0.05, 0) is 25.3 Å². The van der Waals surface area contributed by atoms with Crippen molar-refractivity contribution in [1.82, 2.24) is 5.32 Å². The van der Waals surface area contributed by atoms with E-state index >= 15 is 0 Å². The van der Waals surface area contributed by atoms with Gasteiger partial charge < -0.3 is 10.4 Å². The van der Waals surface area contributed by atoms with Gasteiger partial charge in [0.2, 0.25) is 5.91 Å². The third kappa shape index (κ3) is 2.49. The fraction of sp³-hybridized carbons (Fsp3) is 0.417. The molecule has 0 saturated heterocycles. The van der Waals surface area contributed by atoms with Crippen LogP contribution in [0.5, 0.6) is 5.75 Å². The molecule has 1 aromatic rings. The molecule has 0 atom stereocenters. The molecule has 1 aromatic carbocycles. The van der Waals surface area contributed by atoms with Gasteiger partial charge in [-0.2, -0.15) is 0 Å². The highest BCUT2D eigenvalue weighted by Crippen LogP contribution is 2.19. The summed E-state index contributed by atoms with van der Waals surface area (Å²) in [4.78, 5) is 11.5. The van der Waals surface area contributed by atoms with Crippen LogP contribution in [-0.2, 0) is 11.2 Å². The quantitative estimate of drug-likeness (QED) is 0.787. The average molecular weight is 205 g/mol. The summed E-state index contributed by atoms with van der Waals surface area (Å²) >= 11 is 0. The molecule has 0 spiro atoms. The van der Waals surface area contributed by atoms with E-state index in [1.807, 2.05) is 6.07 Å². The summed E-state index contributed by atoms with van der Waals surface area (Å²) in [6.45, 7) is 0. The predicted molar refractivity (Wildman–Crippen MR) is 57.6 cm³/mol. The summed E-state index contributed by atoms with van der Waals surface area (Å²) in [6, 6.07) is 7.32. The van der Waals surface area contributed by atoms with E-state index in [0.29, 0.717) is 11.6 Å². The monoisotopic (exact) mass is 205 g/mol. The van der Waals surface area contributed by atoms with Crippen molar-refractivity contribution < 1.29 is 9.90 Å². The van der Waals surface area contributed by atoms with Crippen LogP contribution in [0.1, 0.15) is 24.8 Å². The molecule has 0 aliphatic heterocycles. The van der Waals surface area contributed by atoms with Gasteiger partial charge in [0.1, 0.15) is 5.75 Å². The summed E-state index contributed by atoms with van der Waals surface area (Å²) < 4.78 is 0. The molecule has 0 bridgehead atoms. The molecule has 0 unspecified atom stereocenters.